The summed E-state index contributed by atoms with van der Waals surface area (Å²) in [6, 6.07) is 12.7. The number of fused-ring (bicyclic) bond motifs is 1. The molecular weight excluding hydrogens is 304 g/mol. The van der Waals surface area contributed by atoms with Gasteiger partial charge in [0.15, 0.2) is 0 Å². The summed E-state index contributed by atoms with van der Waals surface area (Å²) in [6.07, 6.45) is 1.78. The maximum Gasteiger partial charge on any atom is 0.258 e. The predicted molar refractivity (Wildman–Crippen MR) is 94.3 cm³/mol. The van der Waals surface area contributed by atoms with Crippen LogP contribution in [0.1, 0.15) is 18.2 Å². The third-order valence-electron chi connectivity index (χ3n) is 3.52. The van der Waals surface area contributed by atoms with Gasteiger partial charge in [-0.2, -0.15) is 0 Å². The van der Waals surface area contributed by atoms with Crippen LogP contribution in [0, 0.1) is 6.92 Å². The Kier molecular flexibility index (Phi) is 4.29. The molecule has 1 aromatic carbocycles. The van der Waals surface area contributed by atoms with E-state index in [-0.39, 0.29) is 11.5 Å². The van der Waals surface area contributed by atoms with Crippen LogP contribution in [0.4, 0.5) is 11.4 Å². The Hall–Kier alpha value is -3.15. The van der Waals surface area contributed by atoms with Gasteiger partial charge in [0, 0.05) is 30.6 Å². The molecule has 0 fully saturated rings. The molecule has 122 valence electrons. The first-order valence-corrected chi connectivity index (χ1v) is 7.62. The zero-order chi connectivity index (χ0) is 17.1. The van der Waals surface area contributed by atoms with E-state index in [9.17, 15) is 9.59 Å². The van der Waals surface area contributed by atoms with Crippen LogP contribution in [0.3, 0.4) is 0 Å². The summed E-state index contributed by atoms with van der Waals surface area (Å²) in [5.41, 5.74) is 3.74. The summed E-state index contributed by atoms with van der Waals surface area (Å²) in [5, 5.41) is 5.95. The molecule has 24 heavy (non-hydrogen) atoms. The topological polar surface area (TPSA) is 75.5 Å². The van der Waals surface area contributed by atoms with Gasteiger partial charge < -0.3 is 10.6 Å². The summed E-state index contributed by atoms with van der Waals surface area (Å²) < 4.78 is 1.54. The number of benzene rings is 1. The number of rotatable bonds is 4. The fourth-order valence-corrected chi connectivity index (χ4v) is 2.45. The number of hydrogen-bond acceptors (Lipinski definition) is 4. The second-order valence-electron chi connectivity index (χ2n) is 5.64. The zero-order valence-electron chi connectivity index (χ0n) is 13.5. The third-order valence-corrected chi connectivity index (χ3v) is 3.52. The molecular formula is C18H18N4O2. The van der Waals surface area contributed by atoms with Gasteiger partial charge in [-0.25, -0.2) is 4.98 Å². The standard InChI is InChI=1S/C18H18N4O2/c1-12-6-7-17-21-16(9-18(24)22(17)11-12)10-19-14-4-3-5-15(8-14)20-13(2)23/h3-9,11,19H,10H2,1-2H3,(H,20,23). The highest BCUT2D eigenvalue weighted by Crippen LogP contribution is 2.15. The van der Waals surface area contributed by atoms with Crippen molar-refractivity contribution in [2.75, 3.05) is 10.6 Å². The molecule has 0 radical (unpaired) electrons. The molecule has 2 heterocycles. The second kappa shape index (κ2) is 6.54. The summed E-state index contributed by atoms with van der Waals surface area (Å²) in [5.74, 6) is -0.119. The summed E-state index contributed by atoms with van der Waals surface area (Å²) >= 11 is 0. The average molecular weight is 322 g/mol. The van der Waals surface area contributed by atoms with Crippen molar-refractivity contribution >= 4 is 22.9 Å². The minimum atomic E-state index is -0.119. The first-order chi connectivity index (χ1) is 11.5. The number of carbonyl (C=O) groups excluding carboxylic acids is 1. The SMILES string of the molecule is CC(=O)Nc1cccc(NCc2cc(=O)n3cc(C)ccc3n2)c1. The lowest BCUT2D eigenvalue weighted by Gasteiger charge is -2.09. The molecule has 6 nitrogen and oxygen atoms in total. The van der Waals surface area contributed by atoms with E-state index in [1.807, 2.05) is 43.3 Å². The van der Waals surface area contributed by atoms with Crippen molar-refractivity contribution < 1.29 is 4.79 Å². The molecule has 3 rings (SSSR count). The van der Waals surface area contributed by atoms with Gasteiger partial charge >= 0.3 is 0 Å². The number of hydrogen-bond donors (Lipinski definition) is 2. The van der Waals surface area contributed by atoms with Crippen LogP contribution in [0.25, 0.3) is 5.65 Å². The lowest BCUT2D eigenvalue weighted by Crippen LogP contribution is -2.17. The number of pyridine rings is 1. The van der Waals surface area contributed by atoms with Crippen LogP contribution in [-0.2, 0) is 11.3 Å². The van der Waals surface area contributed by atoms with E-state index in [0.29, 0.717) is 17.9 Å². The lowest BCUT2D eigenvalue weighted by molar-refractivity contribution is -0.114. The maximum absolute atomic E-state index is 12.2. The molecule has 0 aliphatic rings. The van der Waals surface area contributed by atoms with Crippen LogP contribution >= 0.6 is 0 Å². The van der Waals surface area contributed by atoms with Crippen LogP contribution in [0.15, 0.2) is 53.5 Å². The van der Waals surface area contributed by atoms with Gasteiger partial charge in [-0.05, 0) is 36.8 Å². The summed E-state index contributed by atoms with van der Waals surface area (Å²) in [4.78, 5) is 27.8. The normalized spacial score (nSPS) is 10.6. The number of nitrogens with zero attached hydrogens (tertiary/aromatic N) is 2. The highest BCUT2D eigenvalue weighted by Gasteiger charge is 2.03. The van der Waals surface area contributed by atoms with Gasteiger partial charge in [0.25, 0.3) is 5.56 Å². The van der Waals surface area contributed by atoms with Crippen molar-refractivity contribution in [1.29, 1.82) is 0 Å². The van der Waals surface area contributed by atoms with Crippen molar-refractivity contribution in [3.63, 3.8) is 0 Å². The quantitative estimate of drug-likeness (QED) is 0.774. The smallest absolute Gasteiger partial charge is 0.258 e. The Morgan fingerprint density at radius 2 is 1.96 bits per heavy atom. The van der Waals surface area contributed by atoms with E-state index in [4.69, 9.17) is 0 Å². The minimum absolute atomic E-state index is 0.104. The van der Waals surface area contributed by atoms with Gasteiger partial charge in [-0.3, -0.25) is 14.0 Å². The Bertz CT molecular complexity index is 963. The average Bonchev–Trinajstić information content (AvgIpc) is 2.53. The number of carbonyl (C=O) groups is 1. The fraction of sp³-hybridized carbons (Fsp3) is 0.167. The van der Waals surface area contributed by atoms with E-state index < -0.39 is 0 Å². The van der Waals surface area contributed by atoms with Crippen molar-refractivity contribution in [3.8, 4) is 0 Å². The van der Waals surface area contributed by atoms with Crippen molar-refractivity contribution in [3.05, 3.63) is 70.3 Å². The van der Waals surface area contributed by atoms with Gasteiger partial charge in [0.05, 0.1) is 12.2 Å². The van der Waals surface area contributed by atoms with Gasteiger partial charge in [-0.15, -0.1) is 0 Å². The van der Waals surface area contributed by atoms with Crippen molar-refractivity contribution in [1.82, 2.24) is 9.38 Å². The number of aryl methyl sites for hydroxylation is 1. The number of amides is 1. The highest BCUT2D eigenvalue weighted by molar-refractivity contribution is 5.89. The molecule has 0 aliphatic heterocycles. The molecule has 0 spiro atoms. The van der Waals surface area contributed by atoms with Gasteiger partial charge in [0.2, 0.25) is 5.91 Å². The van der Waals surface area contributed by atoms with Gasteiger partial charge in [-0.1, -0.05) is 12.1 Å². The number of aromatic nitrogens is 2. The Labute approximate surface area is 139 Å². The molecule has 3 aromatic rings. The van der Waals surface area contributed by atoms with Crippen LogP contribution < -0.4 is 16.2 Å². The molecule has 0 saturated carbocycles. The van der Waals surface area contributed by atoms with E-state index in [2.05, 4.69) is 15.6 Å². The summed E-state index contributed by atoms with van der Waals surface area (Å²) in [6.45, 7) is 3.82. The van der Waals surface area contributed by atoms with Crippen molar-refractivity contribution in [2.45, 2.75) is 20.4 Å². The molecule has 0 unspecified atom stereocenters. The predicted octanol–water partition coefficient (Wildman–Crippen LogP) is 2.57. The molecule has 6 heteroatoms. The van der Waals surface area contributed by atoms with E-state index in [1.54, 1.807) is 6.20 Å². The lowest BCUT2D eigenvalue weighted by atomic mass is 10.2. The minimum Gasteiger partial charge on any atom is -0.379 e. The molecule has 2 N–H and O–H groups in total. The van der Waals surface area contributed by atoms with Gasteiger partial charge in [0.1, 0.15) is 5.65 Å². The monoisotopic (exact) mass is 322 g/mol. The fourth-order valence-electron chi connectivity index (χ4n) is 2.45. The summed E-state index contributed by atoms with van der Waals surface area (Å²) in [7, 11) is 0. The molecule has 1 amide bonds. The third kappa shape index (κ3) is 3.60. The molecule has 0 saturated heterocycles. The first-order valence-electron chi connectivity index (χ1n) is 7.62. The van der Waals surface area contributed by atoms with Crippen molar-refractivity contribution in [2.24, 2.45) is 0 Å². The molecule has 0 atom stereocenters. The second-order valence-corrected chi connectivity index (χ2v) is 5.64. The Morgan fingerprint density at radius 3 is 2.75 bits per heavy atom. The number of nitrogens with one attached hydrogen (secondary N) is 2. The maximum atomic E-state index is 12.2. The molecule has 2 aromatic heterocycles. The molecule has 0 aliphatic carbocycles. The highest BCUT2D eigenvalue weighted by atomic mass is 16.1. The first kappa shape index (κ1) is 15.7. The zero-order valence-corrected chi connectivity index (χ0v) is 13.5. The van der Waals surface area contributed by atoms with E-state index in [1.165, 1.54) is 17.4 Å². The Morgan fingerprint density at radius 1 is 1.17 bits per heavy atom. The van der Waals surface area contributed by atoms with Crippen LogP contribution in [0.5, 0.6) is 0 Å². The van der Waals surface area contributed by atoms with Crippen LogP contribution in [0.2, 0.25) is 0 Å². The number of anilines is 2. The van der Waals surface area contributed by atoms with E-state index >= 15 is 0 Å². The molecule has 0 bridgehead atoms. The van der Waals surface area contributed by atoms with Crippen LogP contribution in [-0.4, -0.2) is 15.3 Å². The Balaban J connectivity index is 1.80. The van der Waals surface area contributed by atoms with E-state index in [0.717, 1.165) is 16.9 Å². The largest absolute Gasteiger partial charge is 0.379 e.